The molecule has 0 amide bonds. The minimum Gasteiger partial charge on any atom is -0.493 e. The number of aliphatic hydroxyl groups is 1. The molecule has 0 aliphatic carbocycles. The summed E-state index contributed by atoms with van der Waals surface area (Å²) < 4.78 is 10.7. The van der Waals surface area contributed by atoms with Gasteiger partial charge in [0.05, 0.1) is 14.2 Å². The van der Waals surface area contributed by atoms with Gasteiger partial charge in [0, 0.05) is 56.5 Å². The second-order valence-corrected chi connectivity index (χ2v) is 8.64. The largest absolute Gasteiger partial charge is 0.493 e. The SMILES string of the molecule is COc1cc(Cl)c(CN2CCN(CC(C)(C)C)[C@@H](CCO)C2)cc1OC. The molecule has 1 N–H and O–H groups in total. The number of methoxy groups -OCH3 is 2. The van der Waals surface area contributed by atoms with Gasteiger partial charge in [-0.25, -0.2) is 0 Å². The fourth-order valence-corrected chi connectivity index (χ4v) is 3.81. The van der Waals surface area contributed by atoms with Gasteiger partial charge >= 0.3 is 0 Å². The highest BCUT2D eigenvalue weighted by Gasteiger charge is 2.29. The predicted molar refractivity (Wildman–Crippen MR) is 106 cm³/mol. The van der Waals surface area contributed by atoms with Crippen molar-refractivity contribution in [1.82, 2.24) is 9.80 Å². The van der Waals surface area contributed by atoms with Gasteiger partial charge in [0.1, 0.15) is 0 Å². The van der Waals surface area contributed by atoms with Crippen LogP contribution in [0.2, 0.25) is 5.02 Å². The first-order chi connectivity index (χ1) is 12.3. The highest BCUT2D eigenvalue weighted by molar-refractivity contribution is 6.31. The summed E-state index contributed by atoms with van der Waals surface area (Å²) in [7, 11) is 3.25. The number of ether oxygens (including phenoxy) is 2. The summed E-state index contributed by atoms with van der Waals surface area (Å²) in [5.41, 5.74) is 1.29. The molecule has 1 heterocycles. The summed E-state index contributed by atoms with van der Waals surface area (Å²) in [4.78, 5) is 4.93. The van der Waals surface area contributed by atoms with E-state index < -0.39 is 0 Å². The highest BCUT2D eigenvalue weighted by atomic mass is 35.5. The molecule has 0 saturated carbocycles. The zero-order valence-corrected chi connectivity index (χ0v) is 17.5. The molecule has 5 nitrogen and oxygen atoms in total. The van der Waals surface area contributed by atoms with E-state index in [1.165, 1.54) is 0 Å². The smallest absolute Gasteiger partial charge is 0.162 e. The van der Waals surface area contributed by atoms with E-state index in [0.29, 0.717) is 22.6 Å². The van der Waals surface area contributed by atoms with Crippen LogP contribution in [0.25, 0.3) is 0 Å². The van der Waals surface area contributed by atoms with Crippen LogP contribution in [-0.2, 0) is 6.54 Å². The van der Waals surface area contributed by atoms with E-state index in [9.17, 15) is 5.11 Å². The first-order valence-corrected chi connectivity index (χ1v) is 9.63. The first-order valence-electron chi connectivity index (χ1n) is 9.25. The average molecular weight is 385 g/mol. The lowest BCUT2D eigenvalue weighted by Crippen LogP contribution is -2.54. The predicted octanol–water partition coefficient (Wildman–Crippen LogP) is 3.27. The maximum atomic E-state index is 9.48. The summed E-state index contributed by atoms with van der Waals surface area (Å²) in [6.45, 7) is 11.7. The van der Waals surface area contributed by atoms with E-state index in [0.717, 1.165) is 44.7 Å². The van der Waals surface area contributed by atoms with Crippen molar-refractivity contribution >= 4 is 11.6 Å². The van der Waals surface area contributed by atoms with Crippen LogP contribution in [0.5, 0.6) is 11.5 Å². The average Bonchev–Trinajstić information content (AvgIpc) is 2.57. The third-order valence-corrected chi connectivity index (χ3v) is 5.13. The van der Waals surface area contributed by atoms with Crippen molar-refractivity contribution in [2.75, 3.05) is 47.0 Å². The van der Waals surface area contributed by atoms with E-state index >= 15 is 0 Å². The van der Waals surface area contributed by atoms with Gasteiger partial charge in [0.15, 0.2) is 11.5 Å². The number of nitrogens with zero attached hydrogens (tertiary/aromatic N) is 2. The molecular formula is C20H33ClN2O3. The maximum Gasteiger partial charge on any atom is 0.162 e. The Labute approximate surface area is 162 Å². The molecule has 0 aromatic heterocycles. The lowest BCUT2D eigenvalue weighted by atomic mass is 9.94. The van der Waals surface area contributed by atoms with Gasteiger partial charge < -0.3 is 14.6 Å². The molecule has 1 aliphatic rings. The standard InChI is InChI=1S/C20H33ClN2O3/c1-20(2,3)14-23-8-7-22(13-16(23)6-9-24)12-15-10-18(25-4)19(26-5)11-17(15)21/h10-11,16,24H,6-9,12-14H2,1-5H3/t16-/m0/s1. The van der Waals surface area contributed by atoms with Gasteiger partial charge in [0.25, 0.3) is 0 Å². The third-order valence-electron chi connectivity index (χ3n) is 4.78. The number of piperazine rings is 1. The molecule has 0 unspecified atom stereocenters. The molecule has 2 rings (SSSR count). The minimum absolute atomic E-state index is 0.219. The van der Waals surface area contributed by atoms with Crippen LogP contribution in [0.3, 0.4) is 0 Å². The fourth-order valence-electron chi connectivity index (χ4n) is 3.60. The van der Waals surface area contributed by atoms with Crippen molar-refractivity contribution in [2.24, 2.45) is 5.41 Å². The second-order valence-electron chi connectivity index (χ2n) is 8.23. The first kappa shape index (κ1) is 21.3. The van der Waals surface area contributed by atoms with Crippen LogP contribution in [0, 0.1) is 5.41 Å². The van der Waals surface area contributed by atoms with Crippen LogP contribution < -0.4 is 9.47 Å². The zero-order valence-electron chi connectivity index (χ0n) is 16.7. The maximum absolute atomic E-state index is 9.48. The Morgan fingerprint density at radius 3 is 2.38 bits per heavy atom. The molecule has 1 atom stereocenters. The molecule has 26 heavy (non-hydrogen) atoms. The number of hydrogen-bond donors (Lipinski definition) is 1. The minimum atomic E-state index is 0.219. The molecule has 0 bridgehead atoms. The van der Waals surface area contributed by atoms with Crippen LogP contribution in [0.1, 0.15) is 32.8 Å². The number of aliphatic hydroxyl groups excluding tert-OH is 1. The van der Waals surface area contributed by atoms with Crippen molar-refractivity contribution < 1.29 is 14.6 Å². The molecule has 0 spiro atoms. The Morgan fingerprint density at radius 2 is 1.81 bits per heavy atom. The molecule has 1 aromatic rings. The summed E-state index contributed by atoms with van der Waals surface area (Å²) in [6, 6.07) is 4.15. The van der Waals surface area contributed by atoms with E-state index in [1.54, 1.807) is 14.2 Å². The van der Waals surface area contributed by atoms with Crippen LogP contribution >= 0.6 is 11.6 Å². The highest BCUT2D eigenvalue weighted by Crippen LogP contribution is 2.34. The Kier molecular flexibility index (Phi) is 7.59. The monoisotopic (exact) mass is 384 g/mol. The molecule has 148 valence electrons. The molecule has 1 saturated heterocycles. The van der Waals surface area contributed by atoms with Crippen molar-refractivity contribution in [3.8, 4) is 11.5 Å². The summed E-state index contributed by atoms with van der Waals surface area (Å²) >= 11 is 6.46. The van der Waals surface area contributed by atoms with Gasteiger partial charge in [0.2, 0.25) is 0 Å². The van der Waals surface area contributed by atoms with Gasteiger partial charge in [-0.2, -0.15) is 0 Å². The summed E-state index contributed by atoms with van der Waals surface area (Å²) in [6.07, 6.45) is 0.798. The van der Waals surface area contributed by atoms with Crippen molar-refractivity contribution in [3.05, 3.63) is 22.7 Å². The Hall–Kier alpha value is -1.01. The van der Waals surface area contributed by atoms with Crippen LogP contribution in [0.4, 0.5) is 0 Å². The lowest BCUT2D eigenvalue weighted by Gasteiger charge is -2.44. The Morgan fingerprint density at radius 1 is 1.15 bits per heavy atom. The molecule has 1 fully saturated rings. The second kappa shape index (κ2) is 9.27. The van der Waals surface area contributed by atoms with Crippen molar-refractivity contribution in [2.45, 2.75) is 39.8 Å². The fraction of sp³-hybridized carbons (Fsp3) is 0.700. The van der Waals surface area contributed by atoms with Crippen molar-refractivity contribution in [3.63, 3.8) is 0 Å². The molecule has 1 aromatic carbocycles. The van der Waals surface area contributed by atoms with E-state index in [4.69, 9.17) is 21.1 Å². The van der Waals surface area contributed by atoms with E-state index in [1.807, 2.05) is 12.1 Å². The Balaban J connectivity index is 2.09. The summed E-state index contributed by atoms with van der Waals surface area (Å²) in [5, 5.41) is 10.2. The van der Waals surface area contributed by atoms with Gasteiger partial charge in [-0.3, -0.25) is 9.80 Å². The quantitative estimate of drug-likeness (QED) is 0.781. The lowest BCUT2D eigenvalue weighted by molar-refractivity contribution is 0.0339. The molecule has 1 aliphatic heterocycles. The normalized spacial score (nSPS) is 19.6. The molecule has 6 heteroatoms. The number of hydrogen-bond acceptors (Lipinski definition) is 5. The van der Waals surface area contributed by atoms with Gasteiger partial charge in [-0.1, -0.05) is 32.4 Å². The molecular weight excluding hydrogens is 352 g/mol. The number of rotatable bonds is 7. The van der Waals surface area contributed by atoms with E-state index in [-0.39, 0.29) is 12.0 Å². The Bertz CT molecular complexity index is 589. The summed E-state index contributed by atoms with van der Waals surface area (Å²) in [5.74, 6) is 1.35. The number of halogens is 1. The van der Waals surface area contributed by atoms with Crippen molar-refractivity contribution in [1.29, 1.82) is 0 Å². The van der Waals surface area contributed by atoms with Gasteiger partial charge in [-0.15, -0.1) is 0 Å². The van der Waals surface area contributed by atoms with Crippen LogP contribution in [-0.4, -0.2) is 68.0 Å². The van der Waals surface area contributed by atoms with Crippen LogP contribution in [0.15, 0.2) is 12.1 Å². The molecule has 0 radical (unpaired) electrons. The number of benzene rings is 1. The topological polar surface area (TPSA) is 45.2 Å². The third kappa shape index (κ3) is 5.74. The van der Waals surface area contributed by atoms with E-state index in [2.05, 4.69) is 30.6 Å². The zero-order chi connectivity index (χ0) is 19.3. The van der Waals surface area contributed by atoms with Gasteiger partial charge in [-0.05, 0) is 23.5 Å².